The molecular formula is C23H31N3O3. The van der Waals surface area contributed by atoms with Gasteiger partial charge in [-0.05, 0) is 73.5 Å². The minimum atomic E-state index is -0.532. The summed E-state index contributed by atoms with van der Waals surface area (Å²) in [5.41, 5.74) is 6.27. The van der Waals surface area contributed by atoms with Gasteiger partial charge in [-0.1, -0.05) is 18.2 Å². The average Bonchev–Trinajstić information content (AvgIpc) is 3.32. The summed E-state index contributed by atoms with van der Waals surface area (Å²) < 4.78 is 0. The van der Waals surface area contributed by atoms with Crippen molar-refractivity contribution in [1.29, 1.82) is 0 Å². The van der Waals surface area contributed by atoms with Gasteiger partial charge in [-0.3, -0.25) is 14.8 Å². The second kappa shape index (κ2) is 7.40. The van der Waals surface area contributed by atoms with Gasteiger partial charge in [0, 0.05) is 25.6 Å². The van der Waals surface area contributed by atoms with E-state index in [1.54, 1.807) is 5.48 Å². The molecule has 1 saturated carbocycles. The number of hydrogen-bond acceptors (Lipinski definition) is 4. The van der Waals surface area contributed by atoms with Crippen molar-refractivity contribution < 1.29 is 14.8 Å². The number of nitrogens with one attached hydrogen (secondary N) is 2. The molecule has 1 spiro atoms. The minimum Gasteiger partial charge on any atom is -0.341 e. The number of fused-ring (bicyclic) bond motifs is 1. The van der Waals surface area contributed by atoms with Crippen molar-refractivity contribution in [2.45, 2.75) is 63.3 Å². The molecule has 3 atom stereocenters. The molecule has 6 heteroatoms. The lowest BCUT2D eigenvalue weighted by molar-refractivity contribution is -0.144. The van der Waals surface area contributed by atoms with Crippen LogP contribution < -0.4 is 10.8 Å². The van der Waals surface area contributed by atoms with Crippen molar-refractivity contribution in [2.75, 3.05) is 19.6 Å². The van der Waals surface area contributed by atoms with Crippen LogP contribution in [0.4, 0.5) is 0 Å². The molecule has 1 aromatic rings. The summed E-state index contributed by atoms with van der Waals surface area (Å²) in [5, 5.41) is 12.5. The molecule has 0 radical (unpaired) electrons. The molecular weight excluding hydrogens is 366 g/mol. The first-order valence-electron chi connectivity index (χ1n) is 11.2. The summed E-state index contributed by atoms with van der Waals surface area (Å²) in [5.74, 6) is -0.553. The van der Waals surface area contributed by atoms with Crippen LogP contribution in [-0.2, 0) is 22.4 Å². The molecule has 156 valence electrons. The zero-order chi connectivity index (χ0) is 20.0. The predicted molar refractivity (Wildman–Crippen MR) is 109 cm³/mol. The number of hydroxylamine groups is 1. The van der Waals surface area contributed by atoms with Crippen molar-refractivity contribution in [1.82, 2.24) is 15.7 Å². The molecule has 6 nitrogen and oxygen atoms in total. The van der Waals surface area contributed by atoms with Crippen LogP contribution in [0.1, 0.15) is 61.1 Å². The Balaban J connectivity index is 1.28. The van der Waals surface area contributed by atoms with Gasteiger partial charge < -0.3 is 10.2 Å². The summed E-state index contributed by atoms with van der Waals surface area (Å²) in [6.07, 6.45) is 8.77. The first kappa shape index (κ1) is 19.1. The molecule has 2 saturated heterocycles. The molecule has 2 heterocycles. The Morgan fingerprint density at radius 1 is 1.17 bits per heavy atom. The Morgan fingerprint density at radius 3 is 2.72 bits per heavy atom. The second-order valence-electron chi connectivity index (χ2n) is 9.65. The van der Waals surface area contributed by atoms with Gasteiger partial charge in [-0.2, -0.15) is 0 Å². The van der Waals surface area contributed by atoms with E-state index in [4.69, 9.17) is 0 Å². The number of aryl methyl sites for hydroxylation is 2. The van der Waals surface area contributed by atoms with Crippen molar-refractivity contribution in [3.05, 3.63) is 34.9 Å². The molecule has 1 aromatic carbocycles. The zero-order valence-electron chi connectivity index (χ0n) is 17.0. The van der Waals surface area contributed by atoms with Crippen LogP contribution in [0.2, 0.25) is 0 Å². The number of likely N-dealkylation sites (tertiary alicyclic amines) is 1. The molecule has 5 rings (SSSR count). The standard InChI is InChI=1S/C23H31N3O3/c27-21(25-29)19-12-23(8-9-23)14-24-20(19)22(28)26-10-7-18(13-26)17-6-5-15-3-1-2-4-16(15)11-17/h5-6,11,18-20,24,29H,1-4,7-10,12-14H2,(H,25,27)/t18?,19-,20-/m0/s1. The minimum absolute atomic E-state index is 0.00885. The van der Waals surface area contributed by atoms with Gasteiger partial charge in [0.25, 0.3) is 0 Å². The fraction of sp³-hybridized carbons (Fsp3) is 0.652. The van der Waals surface area contributed by atoms with Gasteiger partial charge in [0.1, 0.15) is 0 Å². The quantitative estimate of drug-likeness (QED) is 0.539. The zero-order valence-corrected chi connectivity index (χ0v) is 17.0. The average molecular weight is 398 g/mol. The monoisotopic (exact) mass is 397 g/mol. The number of carbonyl (C=O) groups is 2. The number of piperidine rings is 1. The van der Waals surface area contributed by atoms with E-state index in [0.717, 1.165) is 32.4 Å². The third-order valence-corrected chi connectivity index (χ3v) is 7.77. The lowest BCUT2D eigenvalue weighted by atomic mass is 9.81. The first-order valence-corrected chi connectivity index (χ1v) is 11.2. The van der Waals surface area contributed by atoms with E-state index < -0.39 is 17.9 Å². The van der Waals surface area contributed by atoms with Gasteiger partial charge in [-0.15, -0.1) is 0 Å². The predicted octanol–water partition coefficient (Wildman–Crippen LogP) is 2.14. The topological polar surface area (TPSA) is 81.7 Å². The van der Waals surface area contributed by atoms with Crippen LogP contribution in [-0.4, -0.2) is 47.6 Å². The van der Waals surface area contributed by atoms with Gasteiger partial charge in [0.2, 0.25) is 11.8 Å². The number of benzene rings is 1. The van der Waals surface area contributed by atoms with Gasteiger partial charge in [0.15, 0.2) is 0 Å². The molecule has 3 N–H and O–H groups in total. The Morgan fingerprint density at radius 2 is 1.97 bits per heavy atom. The highest BCUT2D eigenvalue weighted by Crippen LogP contribution is 2.52. The van der Waals surface area contributed by atoms with Gasteiger partial charge >= 0.3 is 0 Å². The molecule has 2 amide bonds. The van der Waals surface area contributed by atoms with Gasteiger partial charge in [0.05, 0.1) is 12.0 Å². The first-order chi connectivity index (χ1) is 14.1. The number of carbonyl (C=O) groups excluding carboxylic acids is 2. The van der Waals surface area contributed by atoms with E-state index in [2.05, 4.69) is 23.5 Å². The number of nitrogens with zero attached hydrogens (tertiary/aromatic N) is 1. The summed E-state index contributed by atoms with van der Waals surface area (Å²) >= 11 is 0. The van der Waals surface area contributed by atoms with Crippen LogP contribution >= 0.6 is 0 Å². The molecule has 1 unspecified atom stereocenters. The van der Waals surface area contributed by atoms with E-state index in [1.807, 2.05) is 4.90 Å². The fourth-order valence-electron chi connectivity index (χ4n) is 5.71. The Kier molecular flexibility index (Phi) is 4.87. The van der Waals surface area contributed by atoms with Crippen LogP contribution in [0.25, 0.3) is 0 Å². The molecule has 0 bridgehead atoms. The SMILES string of the molecule is O=C(NO)[C@H]1CC2(CC2)CN[C@@H]1C(=O)N1CCC(c2ccc3c(c2)CCCC3)C1. The van der Waals surface area contributed by atoms with Crippen LogP contribution in [0.5, 0.6) is 0 Å². The summed E-state index contributed by atoms with van der Waals surface area (Å²) in [4.78, 5) is 27.5. The summed E-state index contributed by atoms with van der Waals surface area (Å²) in [6.45, 7) is 2.24. The lowest BCUT2D eigenvalue weighted by Crippen LogP contribution is -2.58. The maximum atomic E-state index is 13.3. The molecule has 2 aliphatic heterocycles. The van der Waals surface area contributed by atoms with Gasteiger partial charge in [-0.25, -0.2) is 5.48 Å². The second-order valence-corrected chi connectivity index (χ2v) is 9.65. The molecule has 0 aromatic heterocycles. The van der Waals surface area contributed by atoms with Crippen molar-refractivity contribution in [3.63, 3.8) is 0 Å². The van der Waals surface area contributed by atoms with Crippen molar-refractivity contribution in [3.8, 4) is 0 Å². The van der Waals surface area contributed by atoms with Crippen LogP contribution in [0, 0.1) is 11.3 Å². The maximum absolute atomic E-state index is 13.3. The van der Waals surface area contributed by atoms with E-state index in [1.165, 1.54) is 42.4 Å². The van der Waals surface area contributed by atoms with Crippen molar-refractivity contribution >= 4 is 11.8 Å². The number of rotatable bonds is 3. The van der Waals surface area contributed by atoms with Crippen LogP contribution in [0.3, 0.4) is 0 Å². The highest BCUT2D eigenvalue weighted by Gasteiger charge is 2.53. The van der Waals surface area contributed by atoms with Crippen molar-refractivity contribution in [2.24, 2.45) is 11.3 Å². The third kappa shape index (κ3) is 3.57. The lowest BCUT2D eigenvalue weighted by Gasteiger charge is -2.37. The molecule has 4 aliphatic rings. The Labute approximate surface area is 172 Å². The Hall–Kier alpha value is -1.92. The van der Waals surface area contributed by atoms with E-state index >= 15 is 0 Å². The molecule has 2 aliphatic carbocycles. The van der Waals surface area contributed by atoms with E-state index in [-0.39, 0.29) is 11.3 Å². The van der Waals surface area contributed by atoms with Crippen LogP contribution in [0.15, 0.2) is 18.2 Å². The third-order valence-electron chi connectivity index (χ3n) is 7.77. The number of hydrogen-bond donors (Lipinski definition) is 3. The highest BCUT2D eigenvalue weighted by molar-refractivity contribution is 5.90. The highest BCUT2D eigenvalue weighted by atomic mass is 16.5. The number of amides is 2. The normalized spacial score (nSPS) is 30.1. The molecule has 3 fully saturated rings. The maximum Gasteiger partial charge on any atom is 0.248 e. The fourth-order valence-corrected chi connectivity index (χ4v) is 5.71. The Bertz CT molecular complexity index is 820. The summed E-state index contributed by atoms with van der Waals surface area (Å²) in [6, 6.07) is 6.37. The smallest absolute Gasteiger partial charge is 0.248 e. The van der Waals surface area contributed by atoms with E-state index in [0.29, 0.717) is 18.9 Å². The summed E-state index contributed by atoms with van der Waals surface area (Å²) in [7, 11) is 0. The van der Waals surface area contributed by atoms with E-state index in [9.17, 15) is 14.8 Å². The molecule has 29 heavy (non-hydrogen) atoms. The largest absolute Gasteiger partial charge is 0.341 e.